The summed E-state index contributed by atoms with van der Waals surface area (Å²) in [6.45, 7) is 15.2. The Hall–Kier alpha value is -0.0800. The molecule has 0 aliphatic carbocycles. The molecular weight excluding hydrogens is 198 g/mol. The molecule has 0 saturated heterocycles. The van der Waals surface area contributed by atoms with Gasteiger partial charge in [-0.1, -0.05) is 34.6 Å². The number of hydrogen-bond donors (Lipinski definition) is 1. The summed E-state index contributed by atoms with van der Waals surface area (Å²) in [5, 5.41) is 3.58. The van der Waals surface area contributed by atoms with Gasteiger partial charge in [-0.25, -0.2) is 0 Å². The fraction of sp³-hybridized carbons (Fsp3) is 1.00. The molecule has 0 aliphatic rings. The van der Waals surface area contributed by atoms with Crippen molar-refractivity contribution in [2.45, 2.75) is 66.5 Å². The van der Waals surface area contributed by atoms with Crippen LogP contribution in [0, 0.1) is 11.8 Å². The van der Waals surface area contributed by atoms with Crippen molar-refractivity contribution in [2.75, 3.05) is 13.2 Å². The molecule has 2 nitrogen and oxygen atoms in total. The summed E-state index contributed by atoms with van der Waals surface area (Å²) in [5.41, 5.74) is 0. The Morgan fingerprint density at radius 3 is 2.00 bits per heavy atom. The minimum atomic E-state index is 0.351. The molecule has 0 aromatic heterocycles. The van der Waals surface area contributed by atoms with Gasteiger partial charge in [0.15, 0.2) is 0 Å². The van der Waals surface area contributed by atoms with Crippen molar-refractivity contribution in [1.29, 1.82) is 0 Å². The van der Waals surface area contributed by atoms with Crippen LogP contribution in [-0.2, 0) is 4.74 Å². The zero-order valence-electron chi connectivity index (χ0n) is 12.0. The van der Waals surface area contributed by atoms with Crippen molar-refractivity contribution < 1.29 is 4.74 Å². The highest BCUT2D eigenvalue weighted by molar-refractivity contribution is 4.79. The Balaban J connectivity index is 4.31. The molecule has 2 unspecified atom stereocenters. The molecule has 2 heteroatoms. The molecule has 98 valence electrons. The summed E-state index contributed by atoms with van der Waals surface area (Å²) >= 11 is 0. The lowest BCUT2D eigenvalue weighted by atomic mass is 9.93. The van der Waals surface area contributed by atoms with Crippen molar-refractivity contribution in [2.24, 2.45) is 11.8 Å². The third-order valence-electron chi connectivity index (χ3n) is 2.93. The van der Waals surface area contributed by atoms with Gasteiger partial charge in [0, 0.05) is 12.6 Å². The van der Waals surface area contributed by atoms with Crippen molar-refractivity contribution in [1.82, 2.24) is 5.32 Å². The van der Waals surface area contributed by atoms with Crippen LogP contribution in [0.4, 0.5) is 0 Å². The predicted molar refractivity (Wildman–Crippen MR) is 71.8 cm³/mol. The van der Waals surface area contributed by atoms with E-state index >= 15 is 0 Å². The third-order valence-corrected chi connectivity index (χ3v) is 2.93. The first-order chi connectivity index (χ1) is 7.52. The number of hydrogen-bond acceptors (Lipinski definition) is 2. The summed E-state index contributed by atoms with van der Waals surface area (Å²) in [6.07, 6.45) is 2.84. The summed E-state index contributed by atoms with van der Waals surface area (Å²) in [5.74, 6) is 1.35. The molecule has 0 spiro atoms. The van der Waals surface area contributed by atoms with Crippen molar-refractivity contribution in [3.63, 3.8) is 0 Å². The molecule has 0 bridgehead atoms. The van der Waals surface area contributed by atoms with Crippen LogP contribution in [0.2, 0.25) is 0 Å². The Labute approximate surface area is 102 Å². The minimum absolute atomic E-state index is 0.351. The lowest BCUT2D eigenvalue weighted by Gasteiger charge is -2.31. The van der Waals surface area contributed by atoms with E-state index in [4.69, 9.17) is 4.74 Å². The zero-order valence-corrected chi connectivity index (χ0v) is 12.0. The maximum Gasteiger partial charge on any atom is 0.0750 e. The van der Waals surface area contributed by atoms with Crippen LogP contribution in [0.25, 0.3) is 0 Å². The monoisotopic (exact) mass is 229 g/mol. The van der Waals surface area contributed by atoms with Crippen LogP contribution in [0.15, 0.2) is 0 Å². The molecule has 0 aromatic rings. The molecule has 0 saturated carbocycles. The lowest BCUT2D eigenvalue weighted by molar-refractivity contribution is 0.000724. The van der Waals surface area contributed by atoms with E-state index in [1.807, 2.05) is 0 Å². The maximum absolute atomic E-state index is 5.89. The van der Waals surface area contributed by atoms with Gasteiger partial charge in [0.25, 0.3) is 0 Å². The quantitative estimate of drug-likeness (QED) is 0.654. The van der Waals surface area contributed by atoms with Gasteiger partial charge in [0.2, 0.25) is 0 Å². The molecule has 0 rings (SSSR count). The highest BCUT2D eigenvalue weighted by atomic mass is 16.5. The fourth-order valence-electron chi connectivity index (χ4n) is 2.12. The minimum Gasteiger partial charge on any atom is -0.377 e. The number of likely N-dealkylation sites (N-methyl/N-ethyl adjacent to an activating group) is 1. The number of rotatable bonds is 9. The van der Waals surface area contributed by atoms with E-state index in [2.05, 4.69) is 46.9 Å². The maximum atomic E-state index is 5.89. The summed E-state index contributed by atoms with van der Waals surface area (Å²) in [6, 6.07) is 0.507. The van der Waals surface area contributed by atoms with Crippen LogP contribution in [0.1, 0.15) is 54.4 Å². The van der Waals surface area contributed by atoms with E-state index in [-0.39, 0.29) is 0 Å². The molecule has 2 atom stereocenters. The van der Waals surface area contributed by atoms with E-state index < -0.39 is 0 Å². The average Bonchev–Trinajstić information content (AvgIpc) is 2.20. The molecular formula is C14H31NO. The van der Waals surface area contributed by atoms with Crippen LogP contribution in [0.5, 0.6) is 0 Å². The number of ether oxygens (including phenoxy) is 1. The number of nitrogens with one attached hydrogen (secondary N) is 1. The third kappa shape index (κ3) is 6.49. The van der Waals surface area contributed by atoms with Crippen LogP contribution in [-0.4, -0.2) is 25.3 Å². The van der Waals surface area contributed by atoms with Crippen molar-refractivity contribution >= 4 is 0 Å². The van der Waals surface area contributed by atoms with Crippen LogP contribution >= 0.6 is 0 Å². The standard InChI is InChI=1S/C14H31NO/c1-7-15-13(10-9-11(3)4)14(12(5)6)16-8-2/h11-15H,7-10H2,1-6H3. The normalized spacial score (nSPS) is 15.8. The van der Waals surface area contributed by atoms with E-state index in [1.54, 1.807) is 0 Å². The topological polar surface area (TPSA) is 21.3 Å². The summed E-state index contributed by atoms with van der Waals surface area (Å²) < 4.78 is 5.89. The second-order valence-electron chi connectivity index (χ2n) is 5.30. The second kappa shape index (κ2) is 9.00. The lowest BCUT2D eigenvalue weighted by Crippen LogP contribution is -2.44. The van der Waals surface area contributed by atoms with Crippen molar-refractivity contribution in [3.05, 3.63) is 0 Å². The molecule has 0 radical (unpaired) electrons. The van der Waals surface area contributed by atoms with Gasteiger partial charge in [0.1, 0.15) is 0 Å². The van der Waals surface area contributed by atoms with Gasteiger partial charge in [-0.2, -0.15) is 0 Å². The SMILES string of the molecule is CCNC(CCC(C)C)C(OCC)C(C)C. The van der Waals surface area contributed by atoms with Gasteiger partial charge in [-0.05, 0) is 38.1 Å². The molecule has 1 N–H and O–H groups in total. The predicted octanol–water partition coefficient (Wildman–Crippen LogP) is 3.46. The highest BCUT2D eigenvalue weighted by Crippen LogP contribution is 2.17. The van der Waals surface area contributed by atoms with Crippen molar-refractivity contribution in [3.8, 4) is 0 Å². The summed E-state index contributed by atoms with van der Waals surface area (Å²) in [7, 11) is 0. The van der Waals surface area contributed by atoms with Gasteiger partial charge in [0.05, 0.1) is 6.10 Å². The molecule has 16 heavy (non-hydrogen) atoms. The fourth-order valence-corrected chi connectivity index (χ4v) is 2.12. The van der Waals surface area contributed by atoms with E-state index in [9.17, 15) is 0 Å². The van der Waals surface area contributed by atoms with E-state index in [0.717, 1.165) is 19.1 Å². The van der Waals surface area contributed by atoms with E-state index in [0.29, 0.717) is 18.1 Å². The molecule has 0 amide bonds. The summed E-state index contributed by atoms with van der Waals surface area (Å²) in [4.78, 5) is 0. The Morgan fingerprint density at radius 1 is 1.00 bits per heavy atom. The molecule has 0 heterocycles. The Kier molecular flexibility index (Phi) is 8.96. The van der Waals surface area contributed by atoms with Gasteiger partial charge >= 0.3 is 0 Å². The first-order valence-corrected chi connectivity index (χ1v) is 6.87. The molecule has 0 aromatic carbocycles. The van der Waals surface area contributed by atoms with Gasteiger partial charge in [-0.3, -0.25) is 0 Å². The second-order valence-corrected chi connectivity index (χ2v) is 5.30. The largest absolute Gasteiger partial charge is 0.377 e. The average molecular weight is 229 g/mol. The Bertz CT molecular complexity index is 157. The van der Waals surface area contributed by atoms with E-state index in [1.165, 1.54) is 12.8 Å². The Morgan fingerprint density at radius 2 is 1.62 bits per heavy atom. The smallest absolute Gasteiger partial charge is 0.0750 e. The van der Waals surface area contributed by atoms with Crippen LogP contribution in [0.3, 0.4) is 0 Å². The van der Waals surface area contributed by atoms with Crippen LogP contribution < -0.4 is 5.32 Å². The van der Waals surface area contributed by atoms with Gasteiger partial charge < -0.3 is 10.1 Å². The molecule has 0 aliphatic heterocycles. The molecule has 0 fully saturated rings. The van der Waals surface area contributed by atoms with Gasteiger partial charge in [-0.15, -0.1) is 0 Å². The zero-order chi connectivity index (χ0) is 12.6. The first kappa shape index (κ1) is 15.9. The first-order valence-electron chi connectivity index (χ1n) is 6.87. The highest BCUT2D eigenvalue weighted by Gasteiger charge is 2.24.